The van der Waals surface area contributed by atoms with Gasteiger partial charge in [-0.25, -0.2) is 0 Å². The zero-order valence-electron chi connectivity index (χ0n) is 32.2. The molecule has 6 aromatic carbocycles. The summed E-state index contributed by atoms with van der Waals surface area (Å²) in [4.78, 5) is 2.48. The highest BCUT2D eigenvalue weighted by molar-refractivity contribution is 6.01. The predicted molar refractivity (Wildman–Crippen MR) is 228 cm³/mol. The van der Waals surface area contributed by atoms with Gasteiger partial charge in [0.1, 0.15) is 0 Å². The summed E-state index contributed by atoms with van der Waals surface area (Å²) >= 11 is 0. The highest BCUT2D eigenvalue weighted by Gasteiger charge is 2.53. The summed E-state index contributed by atoms with van der Waals surface area (Å²) in [6, 6.07) is 50.3. The molecule has 2 aliphatic rings. The number of hydrogen-bond donors (Lipinski definition) is 0. The third-order valence-corrected chi connectivity index (χ3v) is 11.3. The van der Waals surface area contributed by atoms with Crippen LogP contribution in [0.3, 0.4) is 0 Å². The largest absolute Gasteiger partial charge is 0.310 e. The van der Waals surface area contributed by atoms with Crippen LogP contribution < -0.4 is 4.90 Å². The van der Waals surface area contributed by atoms with Crippen LogP contribution in [-0.2, 0) is 16.2 Å². The first-order valence-corrected chi connectivity index (χ1v) is 18.9. The predicted octanol–water partition coefficient (Wildman–Crippen LogP) is 14.2. The number of rotatable bonds is 6. The average molecular weight is 688 g/mol. The highest BCUT2D eigenvalue weighted by Crippen LogP contribution is 2.65. The van der Waals surface area contributed by atoms with Gasteiger partial charge in [0.2, 0.25) is 0 Å². The monoisotopic (exact) mass is 687 g/mol. The molecule has 262 valence electrons. The van der Waals surface area contributed by atoms with Gasteiger partial charge < -0.3 is 4.90 Å². The summed E-state index contributed by atoms with van der Waals surface area (Å²) in [6.07, 6.45) is 8.19. The van der Waals surface area contributed by atoms with Gasteiger partial charge in [-0.1, -0.05) is 176 Å². The molecule has 53 heavy (non-hydrogen) atoms. The van der Waals surface area contributed by atoms with Crippen molar-refractivity contribution >= 4 is 22.6 Å². The first-order valence-electron chi connectivity index (χ1n) is 18.9. The minimum Gasteiger partial charge on any atom is -0.310 e. The lowest BCUT2D eigenvalue weighted by atomic mass is 9.68. The van der Waals surface area contributed by atoms with Crippen LogP contribution in [0.2, 0.25) is 0 Å². The average Bonchev–Trinajstić information content (AvgIpc) is 3.62. The third kappa shape index (κ3) is 5.53. The molecule has 0 atom stereocenters. The van der Waals surface area contributed by atoms with Crippen molar-refractivity contribution in [2.45, 2.75) is 64.7 Å². The number of fused-ring (bicyclic) bond motifs is 10. The summed E-state index contributed by atoms with van der Waals surface area (Å²) in [6.45, 7) is 20.4. The van der Waals surface area contributed by atoms with E-state index in [0.717, 1.165) is 22.5 Å². The number of nitrogens with zero attached hydrogens (tertiary/aromatic N) is 1. The van der Waals surface area contributed by atoms with Gasteiger partial charge >= 0.3 is 0 Å². The molecule has 0 aliphatic heterocycles. The quantitative estimate of drug-likeness (QED) is 0.157. The van der Waals surface area contributed by atoms with Crippen LogP contribution in [0, 0.1) is 0 Å². The third-order valence-electron chi connectivity index (χ3n) is 11.3. The molecule has 8 rings (SSSR count). The molecule has 1 nitrogen and oxygen atoms in total. The molecule has 0 bridgehead atoms. The lowest BCUT2D eigenvalue weighted by Gasteiger charge is -2.34. The van der Waals surface area contributed by atoms with Crippen LogP contribution in [0.25, 0.3) is 27.8 Å². The Labute approximate surface area is 316 Å². The smallest absolute Gasteiger partial charge is 0.0726 e. The van der Waals surface area contributed by atoms with E-state index < -0.39 is 5.41 Å². The Morgan fingerprint density at radius 2 is 1.11 bits per heavy atom. The van der Waals surface area contributed by atoms with Crippen LogP contribution in [0.15, 0.2) is 164 Å². The second-order valence-electron chi connectivity index (χ2n) is 16.6. The van der Waals surface area contributed by atoms with Crippen molar-refractivity contribution in [3.8, 4) is 22.3 Å². The van der Waals surface area contributed by atoms with E-state index >= 15 is 0 Å². The zero-order chi connectivity index (χ0) is 37.1. The van der Waals surface area contributed by atoms with Crippen molar-refractivity contribution in [2.24, 2.45) is 0 Å². The van der Waals surface area contributed by atoms with E-state index in [1.54, 1.807) is 0 Å². The Kier molecular flexibility index (Phi) is 8.30. The standard InChI is InChI=1S/C52H49N/c1-9-10-12-19-35(2)36-26-29-40(30-27-36)53(39-20-13-11-14-21-39)48-34-38(51(6,7)8)33-47-49(48)43-31-28-37(50(3,4)5)32-46(43)52(47)44-24-17-15-22-41(44)42-23-16-18-25-45(42)52/h9-34H,2H2,1,3-8H3/b10-9-,19-12-. The van der Waals surface area contributed by atoms with Crippen molar-refractivity contribution in [1.82, 2.24) is 0 Å². The molecule has 0 fully saturated rings. The van der Waals surface area contributed by atoms with E-state index in [1.165, 1.54) is 61.3 Å². The van der Waals surface area contributed by atoms with E-state index in [1.807, 2.05) is 25.2 Å². The summed E-state index contributed by atoms with van der Waals surface area (Å²) in [5, 5.41) is 0. The van der Waals surface area contributed by atoms with Crippen molar-refractivity contribution < 1.29 is 0 Å². The zero-order valence-corrected chi connectivity index (χ0v) is 32.2. The van der Waals surface area contributed by atoms with Gasteiger partial charge in [0.15, 0.2) is 0 Å². The number of hydrogen-bond acceptors (Lipinski definition) is 1. The van der Waals surface area contributed by atoms with E-state index in [2.05, 4.69) is 193 Å². The van der Waals surface area contributed by atoms with Crippen LogP contribution in [-0.4, -0.2) is 0 Å². The van der Waals surface area contributed by atoms with Gasteiger partial charge in [-0.15, -0.1) is 0 Å². The fourth-order valence-electron chi connectivity index (χ4n) is 8.52. The van der Waals surface area contributed by atoms with Crippen LogP contribution >= 0.6 is 0 Å². The van der Waals surface area contributed by atoms with Crippen LogP contribution in [0.4, 0.5) is 17.1 Å². The number of anilines is 3. The van der Waals surface area contributed by atoms with E-state index in [4.69, 9.17) is 0 Å². The molecular formula is C52H49N. The fourth-order valence-corrected chi connectivity index (χ4v) is 8.52. The first-order chi connectivity index (χ1) is 25.4. The van der Waals surface area contributed by atoms with Crippen LogP contribution in [0.1, 0.15) is 87.4 Å². The summed E-state index contributed by atoms with van der Waals surface area (Å²) < 4.78 is 0. The highest BCUT2D eigenvalue weighted by atomic mass is 15.1. The van der Waals surface area contributed by atoms with Crippen LogP contribution in [0.5, 0.6) is 0 Å². The molecule has 1 heteroatoms. The topological polar surface area (TPSA) is 3.24 Å². The van der Waals surface area contributed by atoms with Crippen molar-refractivity contribution in [3.63, 3.8) is 0 Å². The second kappa shape index (κ2) is 12.8. The molecule has 0 amide bonds. The minimum absolute atomic E-state index is 0.00806. The molecule has 0 radical (unpaired) electrons. The first kappa shape index (κ1) is 34.4. The van der Waals surface area contributed by atoms with E-state index in [0.29, 0.717) is 0 Å². The molecule has 6 aromatic rings. The Hall–Kier alpha value is -5.66. The summed E-state index contributed by atoms with van der Waals surface area (Å²) in [5.74, 6) is 0. The summed E-state index contributed by atoms with van der Waals surface area (Å²) in [5.41, 5.74) is 18.3. The normalized spacial score (nSPS) is 14.0. The lowest BCUT2D eigenvalue weighted by molar-refractivity contribution is 0.586. The van der Waals surface area contributed by atoms with Crippen molar-refractivity contribution in [1.29, 1.82) is 0 Å². The van der Waals surface area contributed by atoms with E-state index in [9.17, 15) is 0 Å². The maximum atomic E-state index is 4.37. The number of allylic oxidation sites excluding steroid dienone is 5. The Morgan fingerprint density at radius 1 is 0.547 bits per heavy atom. The van der Waals surface area contributed by atoms with E-state index in [-0.39, 0.29) is 10.8 Å². The maximum absolute atomic E-state index is 4.37. The molecule has 0 saturated heterocycles. The van der Waals surface area contributed by atoms with Gasteiger partial charge in [-0.05, 0) is 109 Å². The molecule has 0 saturated carbocycles. The molecule has 0 aromatic heterocycles. The SMILES string of the molecule is C=C(/C=C\C=C/C)c1ccc(N(c2ccccc2)c2cc(C(C)(C)C)cc3c2-c2ccc(C(C)(C)C)cc2C32c3ccccc3-c3ccccc32)cc1. The van der Waals surface area contributed by atoms with Gasteiger partial charge in [0.05, 0.1) is 11.1 Å². The lowest BCUT2D eigenvalue weighted by Crippen LogP contribution is -2.27. The van der Waals surface area contributed by atoms with Gasteiger partial charge in [0, 0.05) is 16.9 Å². The Balaban J connectivity index is 1.48. The Morgan fingerprint density at radius 3 is 1.72 bits per heavy atom. The molecule has 0 N–H and O–H groups in total. The maximum Gasteiger partial charge on any atom is 0.0726 e. The number of benzene rings is 6. The van der Waals surface area contributed by atoms with Gasteiger partial charge in [0.25, 0.3) is 0 Å². The van der Waals surface area contributed by atoms with Crippen molar-refractivity contribution in [3.05, 3.63) is 203 Å². The Bertz CT molecular complexity index is 2380. The van der Waals surface area contributed by atoms with Gasteiger partial charge in [-0.3, -0.25) is 0 Å². The molecular weight excluding hydrogens is 639 g/mol. The molecule has 0 heterocycles. The molecule has 2 aliphatic carbocycles. The second-order valence-corrected chi connectivity index (χ2v) is 16.6. The fraction of sp³-hybridized carbons (Fsp3) is 0.192. The van der Waals surface area contributed by atoms with Gasteiger partial charge in [-0.2, -0.15) is 0 Å². The molecule has 1 spiro atoms. The minimum atomic E-state index is -0.460. The molecule has 0 unspecified atom stereocenters. The number of para-hydroxylation sites is 1. The summed E-state index contributed by atoms with van der Waals surface area (Å²) in [7, 11) is 0. The van der Waals surface area contributed by atoms with Crippen molar-refractivity contribution in [2.75, 3.05) is 4.90 Å².